The van der Waals surface area contributed by atoms with Gasteiger partial charge in [0.15, 0.2) is 0 Å². The average molecular weight is 404 g/mol. The fourth-order valence-corrected chi connectivity index (χ4v) is 2.88. The molecule has 30 heavy (non-hydrogen) atoms. The molecule has 0 saturated heterocycles. The normalized spacial score (nSPS) is 10.9. The van der Waals surface area contributed by atoms with E-state index in [9.17, 15) is 9.59 Å². The van der Waals surface area contributed by atoms with Crippen LogP contribution in [-0.2, 0) is 0 Å². The Bertz CT molecular complexity index is 1260. The lowest BCUT2D eigenvalue weighted by Crippen LogP contribution is -2.23. The van der Waals surface area contributed by atoms with Crippen molar-refractivity contribution >= 4 is 17.4 Å². The van der Waals surface area contributed by atoms with E-state index in [0.29, 0.717) is 17.7 Å². The summed E-state index contributed by atoms with van der Waals surface area (Å²) in [6.45, 7) is 4.56. The summed E-state index contributed by atoms with van der Waals surface area (Å²) < 4.78 is 12.2. The van der Waals surface area contributed by atoms with Gasteiger partial charge in [-0.05, 0) is 49.7 Å². The van der Waals surface area contributed by atoms with E-state index in [1.807, 2.05) is 32.0 Å². The topological polar surface area (TPSA) is 98.7 Å². The van der Waals surface area contributed by atoms with Gasteiger partial charge in [0, 0.05) is 11.1 Å². The van der Waals surface area contributed by atoms with Crippen LogP contribution in [0.5, 0.6) is 5.75 Å². The van der Waals surface area contributed by atoms with Gasteiger partial charge in [-0.15, -0.1) is 9.61 Å². The second-order valence-corrected chi connectivity index (χ2v) is 6.78. The van der Waals surface area contributed by atoms with Crippen molar-refractivity contribution in [2.45, 2.75) is 20.3 Å². The lowest BCUT2D eigenvalue weighted by atomic mass is 10.1. The Hall–Kier alpha value is -3.94. The van der Waals surface area contributed by atoms with E-state index in [0.717, 1.165) is 22.2 Å². The summed E-state index contributed by atoms with van der Waals surface area (Å²) in [7, 11) is 0. The van der Waals surface area contributed by atoms with Gasteiger partial charge in [-0.25, -0.2) is 4.98 Å². The summed E-state index contributed by atoms with van der Waals surface area (Å²) in [5.41, 5.74) is 1.56. The van der Waals surface area contributed by atoms with E-state index in [2.05, 4.69) is 15.4 Å². The molecule has 0 atom stereocenters. The van der Waals surface area contributed by atoms with Crippen LogP contribution in [0, 0.1) is 6.92 Å². The molecule has 2 aromatic heterocycles. The van der Waals surface area contributed by atoms with Gasteiger partial charge in [0.05, 0.1) is 12.8 Å². The van der Waals surface area contributed by atoms with Crippen LogP contribution in [0.3, 0.4) is 0 Å². The van der Waals surface area contributed by atoms with Crippen LogP contribution in [0.15, 0.2) is 63.9 Å². The third-order valence-electron chi connectivity index (χ3n) is 4.39. The number of hydrogen-bond acceptors (Lipinski definition) is 6. The number of aromatic nitrogens is 3. The van der Waals surface area contributed by atoms with Crippen molar-refractivity contribution < 1.29 is 13.9 Å². The molecule has 4 aromatic rings. The second-order valence-electron chi connectivity index (χ2n) is 6.78. The second kappa shape index (κ2) is 8.20. The van der Waals surface area contributed by atoms with E-state index in [-0.39, 0.29) is 17.4 Å². The minimum Gasteiger partial charge on any atom is -0.494 e. The molecule has 4 rings (SSSR count). The van der Waals surface area contributed by atoms with E-state index in [1.54, 1.807) is 30.3 Å². The van der Waals surface area contributed by atoms with E-state index in [1.165, 1.54) is 6.20 Å². The standard InChI is InChI=1S/C22H20N4O4/c1-3-11-29-17-9-7-15(8-10-17)20-25-26-21(28)18(13-23-22(26)30-20)24-19(27)16-6-4-5-14(2)12-16/h4-10,12-13H,3,11H2,1-2H3,(H,24,27). The summed E-state index contributed by atoms with van der Waals surface area (Å²) in [5.74, 6) is 0.621. The minimum atomic E-state index is -0.529. The molecule has 2 aromatic carbocycles. The number of carbonyl (C=O) groups is 1. The maximum absolute atomic E-state index is 12.7. The molecular formula is C22H20N4O4. The molecule has 1 N–H and O–H groups in total. The van der Waals surface area contributed by atoms with Crippen molar-refractivity contribution in [1.29, 1.82) is 0 Å². The zero-order valence-corrected chi connectivity index (χ0v) is 16.6. The fourth-order valence-electron chi connectivity index (χ4n) is 2.88. The zero-order chi connectivity index (χ0) is 21.1. The number of amides is 1. The molecule has 0 saturated carbocycles. The summed E-state index contributed by atoms with van der Waals surface area (Å²) in [6, 6.07) is 14.3. The number of nitrogens with zero attached hydrogens (tertiary/aromatic N) is 3. The summed E-state index contributed by atoms with van der Waals surface area (Å²) in [5, 5.41) is 6.80. The van der Waals surface area contributed by atoms with Crippen LogP contribution in [0.4, 0.5) is 5.69 Å². The monoisotopic (exact) mass is 404 g/mol. The summed E-state index contributed by atoms with van der Waals surface area (Å²) >= 11 is 0. The molecular weight excluding hydrogens is 384 g/mol. The van der Waals surface area contributed by atoms with Crippen LogP contribution < -0.4 is 15.6 Å². The van der Waals surface area contributed by atoms with Crippen LogP contribution in [-0.4, -0.2) is 27.1 Å². The highest BCUT2D eigenvalue weighted by molar-refractivity contribution is 6.04. The number of fused-ring (bicyclic) bond motifs is 1. The van der Waals surface area contributed by atoms with Gasteiger partial charge in [-0.1, -0.05) is 24.6 Å². The van der Waals surface area contributed by atoms with Crippen LogP contribution in [0.1, 0.15) is 29.3 Å². The molecule has 0 unspecified atom stereocenters. The van der Waals surface area contributed by atoms with E-state index < -0.39 is 11.5 Å². The van der Waals surface area contributed by atoms with Crippen molar-refractivity contribution in [2.75, 3.05) is 11.9 Å². The Morgan fingerprint density at radius 1 is 1.20 bits per heavy atom. The molecule has 0 radical (unpaired) electrons. The number of nitrogens with one attached hydrogen (secondary N) is 1. The summed E-state index contributed by atoms with van der Waals surface area (Å²) in [6.07, 6.45) is 2.19. The first-order chi connectivity index (χ1) is 14.5. The Morgan fingerprint density at radius 2 is 2.00 bits per heavy atom. The third-order valence-corrected chi connectivity index (χ3v) is 4.39. The fraction of sp³-hybridized carbons (Fsp3) is 0.182. The first-order valence-electron chi connectivity index (χ1n) is 9.55. The summed E-state index contributed by atoms with van der Waals surface area (Å²) in [4.78, 5) is 29.3. The van der Waals surface area contributed by atoms with Gasteiger partial charge in [-0.3, -0.25) is 9.59 Å². The van der Waals surface area contributed by atoms with Crippen LogP contribution >= 0.6 is 0 Å². The number of benzene rings is 2. The lowest BCUT2D eigenvalue weighted by molar-refractivity contribution is 0.102. The number of hydrogen-bond donors (Lipinski definition) is 1. The third kappa shape index (κ3) is 3.93. The number of anilines is 1. The maximum atomic E-state index is 12.7. The van der Waals surface area contributed by atoms with Crippen molar-refractivity contribution in [3.63, 3.8) is 0 Å². The molecule has 152 valence electrons. The van der Waals surface area contributed by atoms with Gasteiger partial charge in [0.1, 0.15) is 11.4 Å². The highest BCUT2D eigenvalue weighted by Gasteiger charge is 2.15. The quantitative estimate of drug-likeness (QED) is 0.526. The smallest absolute Gasteiger partial charge is 0.328 e. The van der Waals surface area contributed by atoms with Crippen molar-refractivity contribution in [3.8, 4) is 17.2 Å². The largest absolute Gasteiger partial charge is 0.494 e. The first-order valence-corrected chi connectivity index (χ1v) is 9.55. The number of ether oxygens (including phenoxy) is 1. The molecule has 1 amide bonds. The SMILES string of the molecule is CCCOc1ccc(-c2nn3c(=O)c(NC(=O)c4cccc(C)c4)cnc3o2)cc1. The predicted molar refractivity (Wildman–Crippen MR) is 112 cm³/mol. The Kier molecular flexibility index (Phi) is 5.30. The molecule has 0 aliphatic rings. The molecule has 0 fully saturated rings. The molecule has 2 heterocycles. The Morgan fingerprint density at radius 3 is 2.73 bits per heavy atom. The predicted octanol–water partition coefficient (Wildman–Crippen LogP) is 3.70. The van der Waals surface area contributed by atoms with Gasteiger partial charge in [-0.2, -0.15) is 0 Å². The molecule has 8 nitrogen and oxygen atoms in total. The van der Waals surface area contributed by atoms with Crippen molar-refractivity contribution in [3.05, 3.63) is 76.2 Å². The number of carbonyl (C=O) groups excluding carboxylic acids is 1. The van der Waals surface area contributed by atoms with Crippen molar-refractivity contribution in [1.82, 2.24) is 14.6 Å². The average Bonchev–Trinajstić information content (AvgIpc) is 3.20. The number of aryl methyl sites for hydroxylation is 1. The van der Waals surface area contributed by atoms with Crippen LogP contribution in [0.25, 0.3) is 17.3 Å². The maximum Gasteiger partial charge on any atom is 0.328 e. The molecule has 0 aliphatic carbocycles. The Labute approximate surface area is 172 Å². The van der Waals surface area contributed by atoms with Crippen LogP contribution in [0.2, 0.25) is 0 Å². The molecule has 0 aliphatic heterocycles. The van der Waals surface area contributed by atoms with Gasteiger partial charge in [0.25, 0.3) is 5.91 Å². The first kappa shape index (κ1) is 19.4. The van der Waals surface area contributed by atoms with E-state index >= 15 is 0 Å². The Balaban J connectivity index is 1.60. The zero-order valence-electron chi connectivity index (χ0n) is 16.6. The van der Waals surface area contributed by atoms with Gasteiger partial charge in [0.2, 0.25) is 5.89 Å². The minimum absolute atomic E-state index is 0.0159. The van der Waals surface area contributed by atoms with Gasteiger partial charge >= 0.3 is 11.4 Å². The molecule has 0 bridgehead atoms. The van der Waals surface area contributed by atoms with Gasteiger partial charge < -0.3 is 14.5 Å². The van der Waals surface area contributed by atoms with Crippen molar-refractivity contribution in [2.24, 2.45) is 0 Å². The highest BCUT2D eigenvalue weighted by atomic mass is 16.5. The number of rotatable bonds is 6. The highest BCUT2D eigenvalue weighted by Crippen LogP contribution is 2.22. The lowest BCUT2D eigenvalue weighted by Gasteiger charge is -2.04. The molecule has 8 heteroatoms. The molecule has 0 spiro atoms. The van der Waals surface area contributed by atoms with E-state index in [4.69, 9.17) is 9.15 Å².